The van der Waals surface area contributed by atoms with Gasteiger partial charge in [-0.15, -0.1) is 0 Å². The summed E-state index contributed by atoms with van der Waals surface area (Å²) in [4.78, 5) is 11.1. The van der Waals surface area contributed by atoms with Crippen LogP contribution >= 0.6 is 0 Å². The van der Waals surface area contributed by atoms with Crippen molar-refractivity contribution in [1.82, 2.24) is 5.32 Å². The van der Waals surface area contributed by atoms with Gasteiger partial charge >= 0.3 is 16.4 Å². The van der Waals surface area contributed by atoms with Crippen molar-refractivity contribution >= 4 is 16.4 Å². The van der Waals surface area contributed by atoms with E-state index in [0.717, 1.165) is 5.56 Å². The lowest BCUT2D eigenvalue weighted by Gasteiger charge is -2.15. The Morgan fingerprint density at radius 2 is 1.73 bits per heavy atom. The van der Waals surface area contributed by atoms with E-state index in [-0.39, 0.29) is 12.6 Å². The van der Waals surface area contributed by atoms with Crippen LogP contribution in [0.3, 0.4) is 0 Å². The number of carbonyl (C=O) groups excluding carboxylic acids is 1. The third-order valence-electron chi connectivity index (χ3n) is 2.97. The van der Waals surface area contributed by atoms with E-state index in [0.29, 0.717) is 31.2 Å². The summed E-state index contributed by atoms with van der Waals surface area (Å²) in [7, 11) is -3.28. The maximum Gasteiger partial charge on any atom is 0.394 e. The number of aliphatic hydroxyl groups is 1. The Kier molecular flexibility index (Phi) is 11.8. The summed E-state index contributed by atoms with van der Waals surface area (Å²) >= 11 is 0. The Morgan fingerprint density at radius 1 is 1.19 bits per heavy atom. The van der Waals surface area contributed by atoms with Gasteiger partial charge < -0.3 is 19.9 Å². The van der Waals surface area contributed by atoms with Crippen molar-refractivity contribution in [2.24, 2.45) is 0 Å². The fourth-order valence-corrected chi connectivity index (χ4v) is 1.72. The highest BCUT2D eigenvalue weighted by Gasteiger charge is 2.06. The van der Waals surface area contributed by atoms with E-state index < -0.39 is 16.5 Å². The molecule has 0 radical (unpaired) electrons. The molecule has 0 amide bonds. The quantitative estimate of drug-likeness (QED) is 0.355. The molecule has 4 N–H and O–H groups in total. The van der Waals surface area contributed by atoms with Crippen LogP contribution in [0.1, 0.15) is 25.8 Å². The minimum atomic E-state index is -4.67. The average Bonchev–Trinajstić information content (AvgIpc) is 2.55. The first-order valence-electron chi connectivity index (χ1n) is 7.91. The first-order chi connectivity index (χ1) is 12.0. The van der Waals surface area contributed by atoms with Crippen molar-refractivity contribution in [2.75, 3.05) is 20.3 Å². The predicted molar refractivity (Wildman–Crippen MR) is 95.6 cm³/mol. The fourth-order valence-electron chi connectivity index (χ4n) is 1.72. The molecule has 150 valence electrons. The van der Waals surface area contributed by atoms with Gasteiger partial charge in [-0.05, 0) is 24.1 Å². The van der Waals surface area contributed by atoms with E-state index in [2.05, 4.69) is 10.1 Å². The van der Waals surface area contributed by atoms with Crippen LogP contribution in [-0.2, 0) is 26.4 Å². The third kappa shape index (κ3) is 15.8. The van der Waals surface area contributed by atoms with E-state index in [1.54, 1.807) is 0 Å². The number of methoxy groups -OCH3 is 1. The monoisotopic (exact) mass is 393 g/mol. The highest BCUT2D eigenvalue weighted by atomic mass is 32.3. The van der Waals surface area contributed by atoms with Crippen molar-refractivity contribution in [1.29, 1.82) is 0 Å². The van der Waals surface area contributed by atoms with Crippen LogP contribution in [0.5, 0.6) is 5.75 Å². The molecule has 1 aromatic carbocycles. The summed E-state index contributed by atoms with van der Waals surface area (Å²) in [6.45, 7) is 4.82. The Hall–Kier alpha value is -1.72. The maximum absolute atomic E-state index is 11.1. The normalized spacial score (nSPS) is 12.1. The Bertz CT molecular complexity index is 608. The summed E-state index contributed by atoms with van der Waals surface area (Å²) < 4.78 is 41.7. The minimum Gasteiger partial charge on any atom is -0.491 e. The molecule has 0 aliphatic carbocycles. The van der Waals surface area contributed by atoms with E-state index in [4.69, 9.17) is 22.3 Å². The Labute approximate surface area is 153 Å². The molecule has 26 heavy (non-hydrogen) atoms. The number of aryl methyl sites for hydroxylation is 1. The highest BCUT2D eigenvalue weighted by molar-refractivity contribution is 7.79. The van der Waals surface area contributed by atoms with E-state index in [9.17, 15) is 9.90 Å². The lowest BCUT2D eigenvalue weighted by molar-refractivity contribution is -0.140. The SMILES string of the molecule is COC(=O)CCc1ccc(OCC(O)CNC(C)C)cc1.O=S(=O)(O)O. The van der Waals surface area contributed by atoms with Gasteiger partial charge in [0.15, 0.2) is 0 Å². The molecule has 1 rings (SSSR count). The summed E-state index contributed by atoms with van der Waals surface area (Å²) in [5, 5.41) is 12.9. The van der Waals surface area contributed by atoms with Gasteiger partial charge in [0, 0.05) is 19.0 Å². The number of nitrogens with one attached hydrogen (secondary N) is 1. The number of hydrogen-bond acceptors (Lipinski definition) is 7. The number of aliphatic hydroxyl groups excluding tert-OH is 1. The van der Waals surface area contributed by atoms with Crippen LogP contribution in [0.25, 0.3) is 0 Å². The summed E-state index contributed by atoms with van der Waals surface area (Å²) in [6.07, 6.45) is 0.482. The lowest BCUT2D eigenvalue weighted by Crippen LogP contribution is -2.35. The number of esters is 1. The van der Waals surface area contributed by atoms with Crippen molar-refractivity contribution in [3.05, 3.63) is 29.8 Å². The van der Waals surface area contributed by atoms with Crippen molar-refractivity contribution < 1.29 is 36.9 Å². The van der Waals surface area contributed by atoms with Gasteiger partial charge in [0.1, 0.15) is 18.5 Å². The molecule has 0 saturated heterocycles. The van der Waals surface area contributed by atoms with Gasteiger partial charge in [-0.1, -0.05) is 26.0 Å². The van der Waals surface area contributed by atoms with Gasteiger partial charge in [0.25, 0.3) is 0 Å². The zero-order valence-electron chi connectivity index (χ0n) is 15.1. The van der Waals surface area contributed by atoms with Gasteiger partial charge in [0.2, 0.25) is 0 Å². The molecule has 9 nitrogen and oxygen atoms in total. The van der Waals surface area contributed by atoms with Crippen LogP contribution < -0.4 is 10.1 Å². The van der Waals surface area contributed by atoms with Crippen molar-refractivity contribution in [3.8, 4) is 5.75 Å². The van der Waals surface area contributed by atoms with Crippen LogP contribution in [0, 0.1) is 0 Å². The molecule has 1 aromatic rings. The number of benzene rings is 1. The highest BCUT2D eigenvalue weighted by Crippen LogP contribution is 2.13. The number of hydrogen-bond donors (Lipinski definition) is 4. The van der Waals surface area contributed by atoms with Gasteiger partial charge in [-0.3, -0.25) is 13.9 Å². The average molecular weight is 393 g/mol. The van der Waals surface area contributed by atoms with Crippen molar-refractivity contribution in [3.63, 3.8) is 0 Å². The molecule has 0 aliphatic heterocycles. The molecule has 1 unspecified atom stereocenters. The van der Waals surface area contributed by atoms with Crippen LogP contribution in [0.2, 0.25) is 0 Å². The topological polar surface area (TPSA) is 142 Å². The zero-order valence-corrected chi connectivity index (χ0v) is 15.9. The Morgan fingerprint density at radius 3 is 2.19 bits per heavy atom. The summed E-state index contributed by atoms with van der Waals surface area (Å²) in [5.41, 5.74) is 1.05. The molecular weight excluding hydrogens is 366 g/mol. The van der Waals surface area contributed by atoms with Gasteiger partial charge in [-0.2, -0.15) is 8.42 Å². The second kappa shape index (κ2) is 12.6. The molecule has 0 aliphatic rings. The van der Waals surface area contributed by atoms with E-state index in [1.165, 1.54) is 7.11 Å². The molecule has 0 bridgehead atoms. The number of ether oxygens (including phenoxy) is 2. The second-order valence-corrected chi connectivity index (χ2v) is 6.59. The molecule has 0 spiro atoms. The molecule has 0 saturated carbocycles. The Balaban J connectivity index is 0.00000110. The minimum absolute atomic E-state index is 0.212. The second-order valence-electron chi connectivity index (χ2n) is 5.70. The van der Waals surface area contributed by atoms with Gasteiger partial charge in [0.05, 0.1) is 7.11 Å². The molecule has 0 aromatic heterocycles. The zero-order chi connectivity index (χ0) is 20.2. The third-order valence-corrected chi connectivity index (χ3v) is 2.97. The number of carbonyl (C=O) groups is 1. The fraction of sp³-hybridized carbons (Fsp3) is 0.562. The smallest absolute Gasteiger partial charge is 0.394 e. The van der Waals surface area contributed by atoms with Crippen LogP contribution in [0.4, 0.5) is 0 Å². The summed E-state index contributed by atoms with van der Waals surface area (Å²) in [6, 6.07) is 7.85. The molecule has 0 heterocycles. The van der Waals surface area contributed by atoms with Crippen molar-refractivity contribution in [2.45, 2.75) is 38.8 Å². The first-order valence-corrected chi connectivity index (χ1v) is 9.30. The van der Waals surface area contributed by atoms with Crippen LogP contribution in [-0.4, -0.2) is 61.0 Å². The molecule has 0 fully saturated rings. The van der Waals surface area contributed by atoms with E-state index >= 15 is 0 Å². The van der Waals surface area contributed by atoms with Crippen LogP contribution in [0.15, 0.2) is 24.3 Å². The van der Waals surface area contributed by atoms with E-state index in [1.807, 2.05) is 38.1 Å². The molecule has 1 atom stereocenters. The standard InChI is InChI=1S/C16H25NO4.H2O4S/c1-12(2)17-10-14(18)11-21-15-7-4-13(5-8-15)6-9-16(19)20-3;1-5(2,3)4/h4-5,7-8,12,14,17-18H,6,9-11H2,1-3H3;(H2,1,2,3,4). The lowest BCUT2D eigenvalue weighted by atomic mass is 10.1. The largest absolute Gasteiger partial charge is 0.491 e. The molecular formula is C16H27NO8S. The first kappa shape index (κ1) is 24.3. The number of rotatable bonds is 9. The predicted octanol–water partition coefficient (Wildman–Crippen LogP) is 0.877. The van der Waals surface area contributed by atoms with Gasteiger partial charge in [-0.25, -0.2) is 0 Å². The summed E-state index contributed by atoms with van der Waals surface area (Å²) in [5.74, 6) is 0.497. The molecule has 10 heteroatoms. The maximum atomic E-state index is 11.1.